The van der Waals surface area contributed by atoms with E-state index >= 15 is 0 Å². The first-order chi connectivity index (χ1) is 20.3. The van der Waals surface area contributed by atoms with E-state index in [1.165, 1.54) is 12.7 Å². The Labute approximate surface area is 248 Å². The summed E-state index contributed by atoms with van der Waals surface area (Å²) < 4.78 is 84.3. The van der Waals surface area contributed by atoms with Crippen LogP contribution in [0.2, 0.25) is 0 Å². The minimum Gasteiger partial charge on any atom is -0.453 e. The highest BCUT2D eigenvalue weighted by molar-refractivity contribution is 7.13. The average Bonchev–Trinajstić information content (AvgIpc) is 3.43. The molecule has 2 amide bonds. The lowest BCUT2D eigenvalue weighted by molar-refractivity contribution is -0.143. The third-order valence-electron chi connectivity index (χ3n) is 7.30. The number of piperidine rings is 1. The number of alkyl halides is 6. The summed E-state index contributed by atoms with van der Waals surface area (Å²) in [4.78, 5) is 31.5. The van der Waals surface area contributed by atoms with Crippen LogP contribution in [-0.4, -0.2) is 48.6 Å². The molecule has 7 nitrogen and oxygen atoms in total. The molecule has 1 aliphatic heterocycles. The molecule has 3 aromatic rings. The highest BCUT2D eigenvalue weighted by atomic mass is 32.1. The summed E-state index contributed by atoms with van der Waals surface area (Å²) in [5, 5.41) is 6.66. The average molecular weight is 629 g/mol. The Balaban J connectivity index is 1.47. The molecule has 2 N–H and O–H groups in total. The number of hydrogen-bond acceptors (Lipinski definition) is 6. The lowest BCUT2D eigenvalue weighted by Crippen LogP contribution is -2.36. The number of methoxy groups -OCH3 is 1. The summed E-state index contributed by atoms with van der Waals surface area (Å²) >= 11 is 1.06. The molecule has 14 heteroatoms. The van der Waals surface area contributed by atoms with Crippen molar-refractivity contribution in [1.29, 1.82) is 0 Å². The maximum Gasteiger partial charge on any atom is 0.416 e. The second-order valence-corrected chi connectivity index (χ2v) is 11.1. The molecule has 4 rings (SSSR count). The van der Waals surface area contributed by atoms with E-state index in [0.29, 0.717) is 36.7 Å². The quantitative estimate of drug-likeness (QED) is 0.249. The molecular weight excluding hydrogens is 598 g/mol. The SMILES string of the molecule is COC(=O)Nc1nc([C@H](CCN2CCC(c3ccccc3)CC2)C(=O)NCc2cc(C(F)(F)F)cc(C(F)(F)F)c2)cs1. The van der Waals surface area contributed by atoms with Crippen molar-refractivity contribution in [2.24, 2.45) is 0 Å². The minimum absolute atomic E-state index is 0.0419. The topological polar surface area (TPSA) is 83.6 Å². The van der Waals surface area contributed by atoms with Crippen molar-refractivity contribution in [2.45, 2.75) is 50.0 Å². The first-order valence-electron chi connectivity index (χ1n) is 13.5. The van der Waals surface area contributed by atoms with Gasteiger partial charge in [-0.15, -0.1) is 11.3 Å². The number of carbonyl (C=O) groups excluding carboxylic acids is 2. The number of rotatable bonds is 9. The Kier molecular flexibility index (Phi) is 10.3. The van der Waals surface area contributed by atoms with Crippen molar-refractivity contribution < 1.29 is 40.7 Å². The fourth-order valence-electron chi connectivity index (χ4n) is 5.02. The summed E-state index contributed by atoms with van der Waals surface area (Å²) in [6.45, 7) is 1.55. The second kappa shape index (κ2) is 13.8. The molecule has 1 aromatic heterocycles. The number of nitrogens with one attached hydrogen (secondary N) is 2. The number of likely N-dealkylation sites (tertiary alicyclic amines) is 1. The molecular formula is C29H30F6N4O3S. The number of hydrogen-bond donors (Lipinski definition) is 2. The van der Waals surface area contributed by atoms with Gasteiger partial charge in [-0.25, -0.2) is 9.78 Å². The van der Waals surface area contributed by atoms with Crippen LogP contribution in [-0.2, 0) is 28.4 Å². The van der Waals surface area contributed by atoms with Crippen molar-refractivity contribution in [3.05, 3.63) is 81.9 Å². The summed E-state index contributed by atoms with van der Waals surface area (Å²) in [5.41, 5.74) is -1.67. The van der Waals surface area contributed by atoms with Gasteiger partial charge in [0.25, 0.3) is 0 Å². The number of ether oxygens (including phenoxy) is 1. The van der Waals surface area contributed by atoms with E-state index in [-0.39, 0.29) is 16.8 Å². The van der Waals surface area contributed by atoms with Crippen LogP contribution in [0.25, 0.3) is 0 Å². The lowest BCUT2D eigenvalue weighted by Gasteiger charge is -2.32. The summed E-state index contributed by atoms with van der Waals surface area (Å²) in [6.07, 6.45) is -8.60. The van der Waals surface area contributed by atoms with Gasteiger partial charge in [0.15, 0.2) is 5.13 Å². The van der Waals surface area contributed by atoms with Crippen molar-refractivity contribution in [1.82, 2.24) is 15.2 Å². The van der Waals surface area contributed by atoms with Crippen molar-refractivity contribution in [2.75, 3.05) is 32.1 Å². The van der Waals surface area contributed by atoms with Crippen LogP contribution >= 0.6 is 11.3 Å². The van der Waals surface area contributed by atoms with Gasteiger partial charge in [0, 0.05) is 11.9 Å². The predicted octanol–water partition coefficient (Wildman–Crippen LogP) is 7.03. The minimum atomic E-state index is -5.00. The number of halogens is 6. The van der Waals surface area contributed by atoms with Gasteiger partial charge in [-0.3, -0.25) is 10.1 Å². The van der Waals surface area contributed by atoms with E-state index < -0.39 is 47.9 Å². The molecule has 0 radical (unpaired) electrons. The van der Waals surface area contributed by atoms with E-state index in [1.54, 1.807) is 5.38 Å². The number of nitrogens with zero attached hydrogens (tertiary/aromatic N) is 2. The summed E-state index contributed by atoms with van der Waals surface area (Å²) in [6, 6.07) is 11.4. The Morgan fingerprint density at radius 3 is 2.23 bits per heavy atom. The van der Waals surface area contributed by atoms with E-state index in [1.807, 2.05) is 18.2 Å². The number of anilines is 1. The number of aromatic nitrogens is 1. The number of thiazole rings is 1. The normalized spacial score (nSPS) is 15.6. The maximum atomic E-state index is 13.4. The lowest BCUT2D eigenvalue weighted by atomic mass is 9.89. The first-order valence-corrected chi connectivity index (χ1v) is 14.3. The molecule has 1 aliphatic rings. The molecule has 0 bridgehead atoms. The summed E-state index contributed by atoms with van der Waals surface area (Å²) in [5.74, 6) is -1.06. The van der Waals surface area contributed by atoms with Crippen LogP contribution in [0.1, 0.15) is 59.0 Å². The van der Waals surface area contributed by atoms with E-state index in [4.69, 9.17) is 0 Å². The largest absolute Gasteiger partial charge is 0.453 e. The highest BCUT2D eigenvalue weighted by Gasteiger charge is 2.37. The number of carbonyl (C=O) groups is 2. The molecule has 1 fully saturated rings. The van der Waals surface area contributed by atoms with Gasteiger partial charge in [-0.1, -0.05) is 30.3 Å². The van der Waals surface area contributed by atoms with Gasteiger partial charge in [0.2, 0.25) is 5.91 Å². The molecule has 232 valence electrons. The Morgan fingerprint density at radius 1 is 1.02 bits per heavy atom. The molecule has 0 spiro atoms. The molecule has 2 heterocycles. The van der Waals surface area contributed by atoms with Gasteiger partial charge in [-0.2, -0.15) is 26.3 Å². The smallest absolute Gasteiger partial charge is 0.416 e. The van der Waals surface area contributed by atoms with Crippen LogP contribution < -0.4 is 10.6 Å². The molecule has 0 aliphatic carbocycles. The third kappa shape index (κ3) is 8.92. The third-order valence-corrected chi connectivity index (χ3v) is 8.07. The van der Waals surface area contributed by atoms with Crippen molar-refractivity contribution in [3.8, 4) is 0 Å². The van der Waals surface area contributed by atoms with Crippen molar-refractivity contribution in [3.63, 3.8) is 0 Å². The van der Waals surface area contributed by atoms with Crippen LogP contribution in [0.3, 0.4) is 0 Å². The van der Waals surface area contributed by atoms with Gasteiger partial charge in [0.05, 0.1) is 29.8 Å². The van der Waals surface area contributed by atoms with Gasteiger partial charge in [0.1, 0.15) is 0 Å². The molecule has 1 saturated heterocycles. The highest BCUT2D eigenvalue weighted by Crippen LogP contribution is 2.36. The zero-order valence-corrected chi connectivity index (χ0v) is 23.9. The molecule has 1 atom stereocenters. The van der Waals surface area contributed by atoms with Gasteiger partial charge < -0.3 is 15.0 Å². The molecule has 43 heavy (non-hydrogen) atoms. The second-order valence-electron chi connectivity index (χ2n) is 10.2. The first kappa shape index (κ1) is 32.3. The maximum absolute atomic E-state index is 13.4. The van der Waals surface area contributed by atoms with Crippen LogP contribution in [0, 0.1) is 0 Å². The Bertz CT molecular complexity index is 1360. The standard InChI is InChI=1S/C29H30F6N4O3S/c1-42-27(41)38-26-37-24(17-43-26)23(9-12-39-10-7-20(8-11-39)19-5-3-2-4-6-19)25(40)36-16-18-13-21(28(30,31)32)15-22(14-18)29(33,34)35/h2-6,13-15,17,20,23H,7-12,16H2,1H3,(H,36,40)(H,37,38,41)/t23-/m0/s1. The number of benzene rings is 2. The van der Waals surface area contributed by atoms with Crippen molar-refractivity contribution >= 4 is 28.5 Å². The van der Waals surface area contributed by atoms with Crippen LogP contribution in [0.5, 0.6) is 0 Å². The Hall–Kier alpha value is -3.65. The van der Waals surface area contributed by atoms with Gasteiger partial charge in [-0.05, 0) is 74.1 Å². The number of amides is 2. The van der Waals surface area contributed by atoms with Crippen LogP contribution in [0.15, 0.2) is 53.9 Å². The zero-order valence-electron chi connectivity index (χ0n) is 23.1. The summed E-state index contributed by atoms with van der Waals surface area (Å²) in [7, 11) is 1.18. The van der Waals surface area contributed by atoms with Gasteiger partial charge >= 0.3 is 18.4 Å². The Morgan fingerprint density at radius 2 is 1.65 bits per heavy atom. The molecule has 2 aromatic carbocycles. The van der Waals surface area contributed by atoms with E-state index in [0.717, 1.165) is 37.3 Å². The van der Waals surface area contributed by atoms with Crippen LogP contribution in [0.4, 0.5) is 36.3 Å². The van der Waals surface area contributed by atoms with E-state index in [2.05, 4.69) is 37.4 Å². The molecule has 0 unspecified atom stereocenters. The fraction of sp³-hybridized carbons (Fsp3) is 0.414. The van der Waals surface area contributed by atoms with E-state index in [9.17, 15) is 35.9 Å². The molecule has 0 saturated carbocycles. The zero-order chi connectivity index (χ0) is 31.2. The monoisotopic (exact) mass is 628 g/mol. The predicted molar refractivity (Wildman–Crippen MR) is 149 cm³/mol. The fourth-order valence-corrected chi connectivity index (χ4v) is 5.77.